The van der Waals surface area contributed by atoms with Gasteiger partial charge in [0.15, 0.2) is 0 Å². The third kappa shape index (κ3) is 5.97. The van der Waals surface area contributed by atoms with Gasteiger partial charge in [-0.05, 0) is 55.8 Å². The highest BCUT2D eigenvalue weighted by atomic mass is 16.5. The third-order valence-corrected chi connectivity index (χ3v) is 5.41. The molecule has 180 valence electrons. The van der Waals surface area contributed by atoms with Crippen molar-refractivity contribution < 1.29 is 19.1 Å². The standard InChI is InChI=1S/C27H28N4O4/c1-19(2)35-22-14-12-20(13-15-22)16-28-25(32)17-30-23-10-6-7-11-24(23)31(18-26(30)33)27(34)29-21-8-4-3-5-9-21/h3-15,19H,16-18H2,1-2H3,(H,28,32)(H,29,34). The summed E-state index contributed by atoms with van der Waals surface area (Å²) < 4.78 is 5.64. The Labute approximate surface area is 204 Å². The second-order valence-corrected chi connectivity index (χ2v) is 8.44. The molecule has 2 N–H and O–H groups in total. The Bertz CT molecular complexity index is 1200. The number of anilines is 3. The number of ether oxygens (including phenoxy) is 1. The number of nitrogens with zero attached hydrogens (tertiary/aromatic N) is 2. The number of hydrogen-bond donors (Lipinski definition) is 2. The molecule has 8 nitrogen and oxygen atoms in total. The van der Waals surface area contributed by atoms with Crippen LogP contribution in [-0.4, -0.2) is 37.0 Å². The van der Waals surface area contributed by atoms with Crippen LogP contribution < -0.4 is 25.2 Å². The number of carbonyl (C=O) groups is 3. The van der Waals surface area contributed by atoms with Crippen molar-refractivity contribution in [1.82, 2.24) is 5.32 Å². The quantitative estimate of drug-likeness (QED) is 0.540. The van der Waals surface area contributed by atoms with Crippen LogP contribution in [0, 0.1) is 0 Å². The van der Waals surface area contributed by atoms with E-state index in [2.05, 4.69) is 10.6 Å². The van der Waals surface area contributed by atoms with Gasteiger partial charge in [0.25, 0.3) is 0 Å². The maximum atomic E-state index is 13.0. The van der Waals surface area contributed by atoms with E-state index in [4.69, 9.17) is 4.74 Å². The van der Waals surface area contributed by atoms with Crippen molar-refractivity contribution in [2.24, 2.45) is 0 Å². The van der Waals surface area contributed by atoms with Gasteiger partial charge in [-0.15, -0.1) is 0 Å². The van der Waals surface area contributed by atoms with E-state index >= 15 is 0 Å². The van der Waals surface area contributed by atoms with Crippen LogP contribution >= 0.6 is 0 Å². The zero-order valence-electron chi connectivity index (χ0n) is 19.7. The lowest BCUT2D eigenvalue weighted by atomic mass is 10.1. The van der Waals surface area contributed by atoms with Gasteiger partial charge in [-0.3, -0.25) is 19.4 Å². The largest absolute Gasteiger partial charge is 0.491 e. The number of carbonyl (C=O) groups excluding carboxylic acids is 3. The fourth-order valence-corrected chi connectivity index (χ4v) is 3.79. The van der Waals surface area contributed by atoms with Gasteiger partial charge in [0.2, 0.25) is 11.8 Å². The minimum absolute atomic E-state index is 0.0887. The van der Waals surface area contributed by atoms with E-state index in [1.165, 1.54) is 9.80 Å². The van der Waals surface area contributed by atoms with Gasteiger partial charge < -0.3 is 15.4 Å². The van der Waals surface area contributed by atoms with E-state index in [9.17, 15) is 14.4 Å². The van der Waals surface area contributed by atoms with E-state index in [1.54, 1.807) is 36.4 Å². The summed E-state index contributed by atoms with van der Waals surface area (Å²) in [6.45, 7) is 3.95. The molecule has 1 aliphatic rings. The number of para-hydroxylation sites is 3. The predicted molar refractivity (Wildman–Crippen MR) is 136 cm³/mol. The molecule has 3 aromatic carbocycles. The molecule has 0 saturated carbocycles. The Morgan fingerprint density at radius 1 is 0.914 bits per heavy atom. The lowest BCUT2D eigenvalue weighted by molar-refractivity contribution is -0.123. The zero-order chi connectivity index (χ0) is 24.8. The Morgan fingerprint density at radius 2 is 1.57 bits per heavy atom. The molecule has 1 heterocycles. The number of rotatable bonds is 7. The molecule has 8 heteroatoms. The van der Waals surface area contributed by atoms with E-state index in [0.29, 0.717) is 23.6 Å². The molecule has 0 spiro atoms. The highest BCUT2D eigenvalue weighted by Gasteiger charge is 2.33. The van der Waals surface area contributed by atoms with Crippen molar-refractivity contribution >= 4 is 34.9 Å². The highest BCUT2D eigenvalue weighted by molar-refractivity contribution is 6.14. The minimum atomic E-state index is -0.411. The van der Waals surface area contributed by atoms with Crippen molar-refractivity contribution in [3.63, 3.8) is 0 Å². The number of amides is 4. The molecule has 3 aromatic rings. The predicted octanol–water partition coefficient (Wildman–Crippen LogP) is 4.18. The molecule has 4 rings (SSSR count). The summed E-state index contributed by atoms with van der Waals surface area (Å²) in [6.07, 6.45) is 0.0887. The van der Waals surface area contributed by atoms with Crippen LogP contribution in [0.3, 0.4) is 0 Å². The number of benzene rings is 3. The summed E-state index contributed by atoms with van der Waals surface area (Å²) in [5, 5.41) is 5.67. The smallest absolute Gasteiger partial charge is 0.326 e. The maximum Gasteiger partial charge on any atom is 0.326 e. The van der Waals surface area contributed by atoms with E-state index in [0.717, 1.165) is 11.3 Å². The Kier molecular flexibility index (Phi) is 7.30. The molecule has 0 radical (unpaired) electrons. The molecule has 0 bridgehead atoms. The number of urea groups is 1. The van der Waals surface area contributed by atoms with E-state index < -0.39 is 6.03 Å². The molecule has 4 amide bonds. The lowest BCUT2D eigenvalue weighted by Crippen LogP contribution is -2.51. The Balaban J connectivity index is 1.41. The zero-order valence-corrected chi connectivity index (χ0v) is 19.7. The monoisotopic (exact) mass is 472 g/mol. The van der Waals surface area contributed by atoms with Crippen LogP contribution in [0.2, 0.25) is 0 Å². The average molecular weight is 473 g/mol. The van der Waals surface area contributed by atoms with Crippen molar-refractivity contribution in [2.45, 2.75) is 26.5 Å². The second-order valence-electron chi connectivity index (χ2n) is 8.44. The van der Waals surface area contributed by atoms with Gasteiger partial charge >= 0.3 is 6.03 Å². The summed E-state index contributed by atoms with van der Waals surface area (Å²) in [6, 6.07) is 23.2. The van der Waals surface area contributed by atoms with Crippen molar-refractivity contribution in [3.05, 3.63) is 84.4 Å². The van der Waals surface area contributed by atoms with Crippen LogP contribution in [0.5, 0.6) is 5.75 Å². The van der Waals surface area contributed by atoms with Crippen LogP contribution in [-0.2, 0) is 16.1 Å². The first-order valence-electron chi connectivity index (χ1n) is 11.5. The van der Waals surface area contributed by atoms with Gasteiger partial charge in [0.05, 0.1) is 17.5 Å². The van der Waals surface area contributed by atoms with Crippen molar-refractivity contribution in [3.8, 4) is 5.75 Å². The summed E-state index contributed by atoms with van der Waals surface area (Å²) >= 11 is 0. The molecule has 0 fully saturated rings. The Hall–Kier alpha value is -4.33. The fourth-order valence-electron chi connectivity index (χ4n) is 3.79. The van der Waals surface area contributed by atoms with Crippen LogP contribution in [0.1, 0.15) is 19.4 Å². The SMILES string of the molecule is CC(C)Oc1ccc(CNC(=O)CN2C(=O)CN(C(=O)Nc3ccccc3)c3ccccc32)cc1. The van der Waals surface area contributed by atoms with Gasteiger partial charge in [-0.25, -0.2) is 4.79 Å². The molecule has 0 aliphatic carbocycles. The molecule has 35 heavy (non-hydrogen) atoms. The first kappa shape index (κ1) is 23.8. The van der Waals surface area contributed by atoms with Crippen LogP contribution in [0.4, 0.5) is 21.9 Å². The summed E-state index contributed by atoms with van der Waals surface area (Å²) in [7, 11) is 0. The summed E-state index contributed by atoms with van der Waals surface area (Å²) in [4.78, 5) is 41.4. The van der Waals surface area contributed by atoms with Gasteiger partial charge in [-0.2, -0.15) is 0 Å². The molecule has 0 atom stereocenters. The van der Waals surface area contributed by atoms with Crippen molar-refractivity contribution in [1.29, 1.82) is 0 Å². The van der Waals surface area contributed by atoms with Crippen LogP contribution in [0.25, 0.3) is 0 Å². The minimum Gasteiger partial charge on any atom is -0.491 e. The highest BCUT2D eigenvalue weighted by Crippen LogP contribution is 2.33. The van der Waals surface area contributed by atoms with Gasteiger partial charge in [0, 0.05) is 12.2 Å². The topological polar surface area (TPSA) is 91.0 Å². The first-order valence-corrected chi connectivity index (χ1v) is 11.5. The summed E-state index contributed by atoms with van der Waals surface area (Å²) in [5.74, 6) is 0.140. The maximum absolute atomic E-state index is 13.0. The lowest BCUT2D eigenvalue weighted by Gasteiger charge is -2.35. The van der Waals surface area contributed by atoms with E-state index in [1.807, 2.05) is 56.3 Å². The first-order chi connectivity index (χ1) is 16.9. The number of fused-ring (bicyclic) bond motifs is 1. The molecular formula is C27H28N4O4. The molecular weight excluding hydrogens is 444 g/mol. The normalized spacial score (nSPS) is 12.8. The second kappa shape index (κ2) is 10.7. The molecule has 0 aromatic heterocycles. The average Bonchev–Trinajstić information content (AvgIpc) is 2.85. The fraction of sp³-hybridized carbons (Fsp3) is 0.222. The molecule has 0 unspecified atom stereocenters. The molecule has 0 saturated heterocycles. The van der Waals surface area contributed by atoms with Crippen LogP contribution in [0.15, 0.2) is 78.9 Å². The Morgan fingerprint density at radius 3 is 2.26 bits per heavy atom. The molecule has 1 aliphatic heterocycles. The van der Waals surface area contributed by atoms with Gasteiger partial charge in [-0.1, -0.05) is 42.5 Å². The van der Waals surface area contributed by atoms with Gasteiger partial charge in [0.1, 0.15) is 18.8 Å². The van der Waals surface area contributed by atoms with E-state index in [-0.39, 0.29) is 31.0 Å². The summed E-state index contributed by atoms with van der Waals surface area (Å²) in [5.41, 5.74) is 2.63. The van der Waals surface area contributed by atoms with Crippen molar-refractivity contribution in [2.75, 3.05) is 28.2 Å². The third-order valence-electron chi connectivity index (χ3n) is 5.41. The number of hydrogen-bond acceptors (Lipinski definition) is 4. The number of nitrogens with one attached hydrogen (secondary N) is 2.